The number of aromatic hydroxyl groups is 1. The molecule has 0 unspecified atom stereocenters. The monoisotopic (exact) mass is 531 g/mol. The van der Waals surface area contributed by atoms with Crippen molar-refractivity contribution in [1.82, 2.24) is 4.31 Å². The molecule has 3 aromatic carbocycles. The number of carbonyl (C=O) groups excluding carboxylic acids is 1. The van der Waals surface area contributed by atoms with Crippen molar-refractivity contribution in [1.29, 1.82) is 0 Å². The van der Waals surface area contributed by atoms with Crippen molar-refractivity contribution in [2.45, 2.75) is 22.6 Å². The number of ether oxygens (including phenoxy) is 1. The highest BCUT2D eigenvalue weighted by molar-refractivity contribution is 7.92. The lowest BCUT2D eigenvalue weighted by atomic mass is 10.2. The molecule has 0 atom stereocenters. The number of carbonyl (C=O) groups is 1. The molecular formula is C24H25N3O7S2. The minimum absolute atomic E-state index is 0.0847. The molecule has 1 aliphatic rings. The number of anilines is 2. The van der Waals surface area contributed by atoms with Gasteiger partial charge in [0.1, 0.15) is 11.5 Å². The fourth-order valence-electron chi connectivity index (χ4n) is 3.71. The summed E-state index contributed by atoms with van der Waals surface area (Å²) < 4.78 is 59.9. The molecule has 0 radical (unpaired) electrons. The van der Waals surface area contributed by atoms with Gasteiger partial charge in [0.25, 0.3) is 15.9 Å². The summed E-state index contributed by atoms with van der Waals surface area (Å²) in [5.74, 6) is -0.415. The predicted molar refractivity (Wildman–Crippen MR) is 134 cm³/mol. The van der Waals surface area contributed by atoms with Gasteiger partial charge in [-0.1, -0.05) is 0 Å². The summed E-state index contributed by atoms with van der Waals surface area (Å²) in [7, 11) is -6.15. The van der Waals surface area contributed by atoms with Crippen molar-refractivity contribution in [3.05, 3.63) is 72.3 Å². The second-order valence-electron chi connectivity index (χ2n) is 8.10. The van der Waals surface area contributed by atoms with Gasteiger partial charge in [0.15, 0.2) is 0 Å². The van der Waals surface area contributed by atoms with Crippen molar-refractivity contribution >= 4 is 37.3 Å². The number of sulfonamides is 2. The summed E-state index contributed by atoms with van der Waals surface area (Å²) in [6.07, 6.45) is 1.63. The molecular weight excluding hydrogens is 506 g/mol. The van der Waals surface area contributed by atoms with Crippen LogP contribution >= 0.6 is 0 Å². The first-order valence-corrected chi connectivity index (χ1v) is 13.9. The van der Waals surface area contributed by atoms with Gasteiger partial charge in [-0.2, -0.15) is 4.31 Å². The molecule has 1 amide bonds. The van der Waals surface area contributed by atoms with Crippen molar-refractivity contribution in [2.75, 3.05) is 30.2 Å². The van der Waals surface area contributed by atoms with Crippen LogP contribution in [0, 0.1) is 0 Å². The molecule has 1 saturated heterocycles. The first-order valence-electron chi connectivity index (χ1n) is 11.0. The van der Waals surface area contributed by atoms with E-state index in [1.165, 1.54) is 53.9 Å². The van der Waals surface area contributed by atoms with Crippen LogP contribution < -0.4 is 14.8 Å². The number of rotatable bonds is 8. The van der Waals surface area contributed by atoms with Crippen molar-refractivity contribution in [2.24, 2.45) is 0 Å². The molecule has 4 rings (SSSR count). The second-order valence-corrected chi connectivity index (χ2v) is 11.7. The number of benzene rings is 3. The van der Waals surface area contributed by atoms with Crippen molar-refractivity contribution in [3.8, 4) is 11.5 Å². The maximum absolute atomic E-state index is 12.8. The normalized spacial score (nSPS) is 14.4. The van der Waals surface area contributed by atoms with E-state index in [1.807, 2.05) is 0 Å². The summed E-state index contributed by atoms with van der Waals surface area (Å²) >= 11 is 0. The van der Waals surface area contributed by atoms with Crippen LogP contribution in [0.1, 0.15) is 23.2 Å². The summed E-state index contributed by atoms with van der Waals surface area (Å²) in [5, 5.41) is 12.7. The van der Waals surface area contributed by atoms with Crippen LogP contribution in [0.25, 0.3) is 0 Å². The predicted octanol–water partition coefficient (Wildman–Crippen LogP) is 3.24. The van der Waals surface area contributed by atoms with Gasteiger partial charge in [-0.05, 0) is 79.6 Å². The van der Waals surface area contributed by atoms with Gasteiger partial charge in [0.05, 0.1) is 22.6 Å². The van der Waals surface area contributed by atoms with Crippen LogP contribution in [0.4, 0.5) is 11.4 Å². The summed E-state index contributed by atoms with van der Waals surface area (Å²) in [6, 6.07) is 15.2. The molecule has 3 aromatic rings. The molecule has 10 nitrogen and oxygen atoms in total. The van der Waals surface area contributed by atoms with Crippen LogP contribution in [0.5, 0.6) is 11.5 Å². The Morgan fingerprint density at radius 3 is 2.11 bits per heavy atom. The van der Waals surface area contributed by atoms with Gasteiger partial charge >= 0.3 is 0 Å². The molecule has 1 heterocycles. The van der Waals surface area contributed by atoms with E-state index in [4.69, 9.17) is 4.74 Å². The first-order chi connectivity index (χ1) is 17.1. The minimum Gasteiger partial charge on any atom is -0.506 e. The van der Waals surface area contributed by atoms with Gasteiger partial charge < -0.3 is 15.2 Å². The zero-order chi connectivity index (χ0) is 25.9. The third-order valence-electron chi connectivity index (χ3n) is 5.69. The van der Waals surface area contributed by atoms with Gasteiger partial charge in [0, 0.05) is 24.3 Å². The number of methoxy groups -OCH3 is 1. The highest BCUT2D eigenvalue weighted by Crippen LogP contribution is 2.29. The highest BCUT2D eigenvalue weighted by Gasteiger charge is 2.27. The number of phenolic OH excluding ortho intramolecular Hbond substituents is 1. The minimum atomic E-state index is -4.03. The smallest absolute Gasteiger partial charge is 0.261 e. The molecule has 0 aliphatic carbocycles. The number of nitrogens with zero attached hydrogens (tertiary/aromatic N) is 1. The zero-order valence-electron chi connectivity index (χ0n) is 19.3. The molecule has 1 aliphatic heterocycles. The van der Waals surface area contributed by atoms with E-state index >= 15 is 0 Å². The Morgan fingerprint density at radius 1 is 0.889 bits per heavy atom. The Hall–Kier alpha value is -3.61. The maximum Gasteiger partial charge on any atom is 0.261 e. The van der Waals surface area contributed by atoms with E-state index in [1.54, 1.807) is 12.1 Å². The van der Waals surface area contributed by atoms with E-state index < -0.39 is 26.0 Å². The number of amides is 1. The van der Waals surface area contributed by atoms with Crippen LogP contribution in [0.15, 0.2) is 76.5 Å². The molecule has 36 heavy (non-hydrogen) atoms. The van der Waals surface area contributed by atoms with E-state index in [0.717, 1.165) is 25.0 Å². The molecule has 12 heteroatoms. The molecule has 190 valence electrons. The molecule has 0 saturated carbocycles. The van der Waals surface area contributed by atoms with Crippen LogP contribution in [-0.2, 0) is 20.0 Å². The number of phenols is 1. The van der Waals surface area contributed by atoms with Crippen molar-refractivity contribution < 1.29 is 31.5 Å². The quantitative estimate of drug-likeness (QED) is 0.379. The second kappa shape index (κ2) is 10.2. The van der Waals surface area contributed by atoms with Gasteiger partial charge in [-0.25, -0.2) is 16.8 Å². The Bertz CT molecular complexity index is 1470. The third-order valence-corrected chi connectivity index (χ3v) is 8.98. The van der Waals surface area contributed by atoms with Gasteiger partial charge in [0.2, 0.25) is 10.0 Å². The Balaban J connectivity index is 1.50. The van der Waals surface area contributed by atoms with Gasteiger partial charge in [-0.15, -0.1) is 0 Å². The number of nitrogens with one attached hydrogen (secondary N) is 2. The van der Waals surface area contributed by atoms with E-state index in [-0.39, 0.29) is 26.8 Å². The molecule has 1 fully saturated rings. The average molecular weight is 532 g/mol. The Kier molecular flexibility index (Phi) is 7.20. The molecule has 0 bridgehead atoms. The zero-order valence-corrected chi connectivity index (χ0v) is 21.0. The third kappa shape index (κ3) is 5.45. The van der Waals surface area contributed by atoms with E-state index in [0.29, 0.717) is 24.5 Å². The fraction of sp³-hybridized carbons (Fsp3) is 0.208. The Morgan fingerprint density at radius 2 is 1.50 bits per heavy atom. The summed E-state index contributed by atoms with van der Waals surface area (Å²) in [4.78, 5) is 12.6. The lowest BCUT2D eigenvalue weighted by Crippen LogP contribution is -2.27. The van der Waals surface area contributed by atoms with Crippen LogP contribution in [0.3, 0.4) is 0 Å². The molecule has 0 aromatic heterocycles. The fourth-order valence-corrected chi connectivity index (χ4v) is 6.31. The standard InChI is InChI=1S/C24H25N3O7S2/c1-34-19-8-6-18(7-9-19)26-35(30,31)21-12-13-23(28)22(16-21)25-24(29)17-4-10-20(11-5-17)36(32,33)27-14-2-3-15-27/h4-13,16,26,28H,2-3,14-15H2,1H3,(H,25,29). The van der Waals surface area contributed by atoms with Crippen LogP contribution in [0.2, 0.25) is 0 Å². The maximum atomic E-state index is 12.8. The molecule has 0 spiro atoms. The first kappa shape index (κ1) is 25.5. The largest absolute Gasteiger partial charge is 0.506 e. The van der Waals surface area contributed by atoms with E-state index in [2.05, 4.69) is 10.0 Å². The van der Waals surface area contributed by atoms with Crippen molar-refractivity contribution in [3.63, 3.8) is 0 Å². The highest BCUT2D eigenvalue weighted by atomic mass is 32.2. The average Bonchev–Trinajstić information content (AvgIpc) is 3.42. The topological polar surface area (TPSA) is 142 Å². The number of hydrogen-bond donors (Lipinski definition) is 3. The lowest BCUT2D eigenvalue weighted by Gasteiger charge is -2.15. The summed E-state index contributed by atoms with van der Waals surface area (Å²) in [5.41, 5.74) is 0.323. The van der Waals surface area contributed by atoms with Crippen LogP contribution in [-0.4, -0.2) is 52.4 Å². The molecule has 3 N–H and O–H groups in total. The number of hydrogen-bond acceptors (Lipinski definition) is 7. The van der Waals surface area contributed by atoms with E-state index in [9.17, 15) is 26.7 Å². The Labute approximate surface area is 209 Å². The summed E-state index contributed by atoms with van der Waals surface area (Å²) in [6.45, 7) is 0.937. The lowest BCUT2D eigenvalue weighted by molar-refractivity contribution is 0.102. The van der Waals surface area contributed by atoms with Gasteiger partial charge in [-0.3, -0.25) is 9.52 Å². The SMILES string of the molecule is COc1ccc(NS(=O)(=O)c2ccc(O)c(NC(=O)c3ccc(S(=O)(=O)N4CCCC4)cc3)c2)cc1.